The van der Waals surface area contributed by atoms with Crippen molar-refractivity contribution in [1.82, 2.24) is 10.3 Å². The molecular weight excluding hydrogens is 326 g/mol. The van der Waals surface area contributed by atoms with E-state index in [-0.39, 0.29) is 11.8 Å². The maximum Gasteiger partial charge on any atom is 0.255 e. The molecule has 0 saturated heterocycles. The van der Waals surface area contributed by atoms with Crippen LogP contribution in [0.2, 0.25) is 0 Å². The van der Waals surface area contributed by atoms with Crippen molar-refractivity contribution < 1.29 is 9.59 Å². The number of carbonyl (C=O) groups excluding carboxylic acids is 2. The number of aromatic nitrogens is 1. The molecule has 1 fully saturated rings. The van der Waals surface area contributed by atoms with Gasteiger partial charge in [-0.3, -0.25) is 9.59 Å². The number of nitrogens with one attached hydrogen (secondary N) is 3. The maximum atomic E-state index is 12.5. The number of aryl methyl sites for hydroxylation is 2. The molecule has 1 aromatic heterocycles. The number of H-pyrrole nitrogens is 1. The molecule has 0 radical (unpaired) electrons. The van der Waals surface area contributed by atoms with Gasteiger partial charge in [-0.1, -0.05) is 0 Å². The standard InChI is InChI=1S/C21H21N3O2/c1-12-13(2)22-19-10-5-15(11-18(12)19)21(26)24-16-6-3-14(4-7-16)20(25)23-17-8-9-17/h3-7,10-11,17,22H,8-9H2,1-2H3,(H,23,25)(H,24,26). The number of fused-ring (bicyclic) bond motifs is 1. The number of rotatable bonds is 4. The van der Waals surface area contributed by atoms with Crippen molar-refractivity contribution in [3.8, 4) is 0 Å². The Hall–Kier alpha value is -3.08. The first-order valence-corrected chi connectivity index (χ1v) is 8.82. The number of amides is 2. The van der Waals surface area contributed by atoms with Gasteiger partial charge in [-0.05, 0) is 74.7 Å². The monoisotopic (exact) mass is 347 g/mol. The molecule has 0 unspecified atom stereocenters. The normalized spacial score (nSPS) is 13.6. The molecular formula is C21H21N3O2. The summed E-state index contributed by atoms with van der Waals surface area (Å²) in [6.45, 7) is 4.07. The molecule has 0 atom stereocenters. The van der Waals surface area contributed by atoms with E-state index in [1.54, 1.807) is 24.3 Å². The Balaban J connectivity index is 1.48. The van der Waals surface area contributed by atoms with Crippen LogP contribution >= 0.6 is 0 Å². The fraction of sp³-hybridized carbons (Fsp3) is 0.238. The molecule has 4 rings (SSSR count). The van der Waals surface area contributed by atoms with Crippen molar-refractivity contribution in [3.05, 3.63) is 64.8 Å². The average molecular weight is 347 g/mol. The fourth-order valence-corrected chi connectivity index (χ4v) is 3.01. The van der Waals surface area contributed by atoms with Crippen LogP contribution in [-0.2, 0) is 0 Å². The van der Waals surface area contributed by atoms with E-state index in [4.69, 9.17) is 0 Å². The summed E-state index contributed by atoms with van der Waals surface area (Å²) in [5.74, 6) is -0.227. The zero-order valence-electron chi connectivity index (χ0n) is 14.8. The minimum absolute atomic E-state index is 0.0610. The van der Waals surface area contributed by atoms with E-state index in [1.165, 1.54) is 0 Å². The molecule has 2 amide bonds. The van der Waals surface area contributed by atoms with Crippen molar-refractivity contribution in [1.29, 1.82) is 0 Å². The van der Waals surface area contributed by atoms with E-state index in [1.807, 2.05) is 32.0 Å². The zero-order chi connectivity index (χ0) is 18.3. The molecule has 0 spiro atoms. The smallest absolute Gasteiger partial charge is 0.255 e. The lowest BCUT2D eigenvalue weighted by Gasteiger charge is -2.07. The molecule has 0 aliphatic heterocycles. The second-order valence-corrected chi connectivity index (χ2v) is 6.91. The molecule has 5 heteroatoms. The van der Waals surface area contributed by atoms with Crippen LogP contribution in [0.25, 0.3) is 10.9 Å². The molecule has 5 nitrogen and oxygen atoms in total. The Morgan fingerprint density at radius 3 is 2.35 bits per heavy atom. The summed E-state index contributed by atoms with van der Waals surface area (Å²) in [7, 11) is 0. The second kappa shape index (κ2) is 6.33. The first-order chi connectivity index (χ1) is 12.5. The predicted molar refractivity (Wildman–Crippen MR) is 103 cm³/mol. The van der Waals surface area contributed by atoms with Crippen LogP contribution < -0.4 is 10.6 Å². The van der Waals surface area contributed by atoms with Gasteiger partial charge in [0.1, 0.15) is 0 Å². The fourth-order valence-electron chi connectivity index (χ4n) is 3.01. The lowest BCUT2D eigenvalue weighted by Crippen LogP contribution is -2.25. The number of carbonyl (C=O) groups is 2. The highest BCUT2D eigenvalue weighted by Crippen LogP contribution is 2.23. The summed E-state index contributed by atoms with van der Waals surface area (Å²) in [4.78, 5) is 27.9. The summed E-state index contributed by atoms with van der Waals surface area (Å²) < 4.78 is 0. The SMILES string of the molecule is Cc1[nH]c2ccc(C(=O)Nc3ccc(C(=O)NC4CC4)cc3)cc2c1C. The van der Waals surface area contributed by atoms with E-state index >= 15 is 0 Å². The van der Waals surface area contributed by atoms with Gasteiger partial charge in [-0.25, -0.2) is 0 Å². The van der Waals surface area contributed by atoms with Gasteiger partial charge in [0.2, 0.25) is 0 Å². The van der Waals surface area contributed by atoms with E-state index in [9.17, 15) is 9.59 Å². The summed E-state index contributed by atoms with van der Waals surface area (Å²) in [6.07, 6.45) is 2.12. The van der Waals surface area contributed by atoms with Gasteiger partial charge < -0.3 is 15.6 Å². The van der Waals surface area contributed by atoms with Crippen LogP contribution in [0.3, 0.4) is 0 Å². The summed E-state index contributed by atoms with van der Waals surface area (Å²) in [5.41, 5.74) is 5.17. The predicted octanol–water partition coefficient (Wildman–Crippen LogP) is 3.93. The Labute approximate surface area is 151 Å². The van der Waals surface area contributed by atoms with E-state index in [0.29, 0.717) is 22.9 Å². The zero-order valence-corrected chi connectivity index (χ0v) is 14.8. The molecule has 3 aromatic rings. The number of hydrogen-bond acceptors (Lipinski definition) is 2. The van der Waals surface area contributed by atoms with Gasteiger partial charge in [0.05, 0.1) is 0 Å². The molecule has 0 bridgehead atoms. The summed E-state index contributed by atoms with van der Waals surface area (Å²) in [5, 5.41) is 6.90. The van der Waals surface area contributed by atoms with Gasteiger partial charge in [-0.2, -0.15) is 0 Å². The van der Waals surface area contributed by atoms with Crippen molar-refractivity contribution in [2.45, 2.75) is 32.7 Å². The van der Waals surface area contributed by atoms with Gasteiger partial charge in [0, 0.05) is 39.5 Å². The molecule has 132 valence electrons. The third-order valence-corrected chi connectivity index (χ3v) is 4.89. The minimum Gasteiger partial charge on any atom is -0.358 e. The third-order valence-electron chi connectivity index (χ3n) is 4.89. The van der Waals surface area contributed by atoms with Gasteiger partial charge in [0.25, 0.3) is 11.8 Å². The second-order valence-electron chi connectivity index (χ2n) is 6.91. The summed E-state index contributed by atoms with van der Waals surface area (Å²) in [6, 6.07) is 12.9. The van der Waals surface area contributed by atoms with Crippen molar-refractivity contribution in [3.63, 3.8) is 0 Å². The maximum absolute atomic E-state index is 12.5. The van der Waals surface area contributed by atoms with E-state index < -0.39 is 0 Å². The molecule has 1 aliphatic carbocycles. The van der Waals surface area contributed by atoms with Gasteiger partial charge >= 0.3 is 0 Å². The molecule has 3 N–H and O–H groups in total. The number of hydrogen-bond donors (Lipinski definition) is 3. The highest BCUT2D eigenvalue weighted by Gasteiger charge is 2.23. The van der Waals surface area contributed by atoms with Crippen LogP contribution in [0, 0.1) is 13.8 Å². The first kappa shape index (κ1) is 16.4. The van der Waals surface area contributed by atoms with Crippen molar-refractivity contribution in [2.24, 2.45) is 0 Å². The molecule has 2 aromatic carbocycles. The molecule has 26 heavy (non-hydrogen) atoms. The lowest BCUT2D eigenvalue weighted by atomic mass is 10.1. The van der Waals surface area contributed by atoms with E-state index in [2.05, 4.69) is 15.6 Å². The van der Waals surface area contributed by atoms with Gasteiger partial charge in [-0.15, -0.1) is 0 Å². The molecule has 1 heterocycles. The van der Waals surface area contributed by atoms with Crippen molar-refractivity contribution >= 4 is 28.4 Å². The van der Waals surface area contributed by atoms with Gasteiger partial charge in [0.15, 0.2) is 0 Å². The third kappa shape index (κ3) is 3.20. The number of benzene rings is 2. The highest BCUT2D eigenvalue weighted by atomic mass is 16.2. The first-order valence-electron chi connectivity index (χ1n) is 8.82. The number of aromatic amines is 1. The largest absolute Gasteiger partial charge is 0.358 e. The lowest BCUT2D eigenvalue weighted by molar-refractivity contribution is 0.0950. The number of anilines is 1. The Bertz CT molecular complexity index is 998. The Morgan fingerprint density at radius 1 is 0.962 bits per heavy atom. The van der Waals surface area contributed by atoms with Crippen molar-refractivity contribution in [2.75, 3.05) is 5.32 Å². The Kier molecular flexibility index (Phi) is 3.99. The van der Waals surface area contributed by atoms with Crippen LogP contribution in [0.5, 0.6) is 0 Å². The topological polar surface area (TPSA) is 74.0 Å². The highest BCUT2D eigenvalue weighted by molar-refractivity contribution is 6.06. The van der Waals surface area contributed by atoms with Crippen LogP contribution in [-0.4, -0.2) is 22.8 Å². The Morgan fingerprint density at radius 2 is 1.65 bits per heavy atom. The molecule has 1 saturated carbocycles. The van der Waals surface area contributed by atoms with Crippen LogP contribution in [0.15, 0.2) is 42.5 Å². The van der Waals surface area contributed by atoms with Crippen LogP contribution in [0.4, 0.5) is 5.69 Å². The quantitative estimate of drug-likeness (QED) is 0.669. The van der Waals surface area contributed by atoms with Crippen LogP contribution in [0.1, 0.15) is 44.8 Å². The molecule has 1 aliphatic rings. The summed E-state index contributed by atoms with van der Waals surface area (Å²) >= 11 is 0. The average Bonchev–Trinajstić information content (AvgIpc) is 3.40. The minimum atomic E-state index is -0.166. The van der Waals surface area contributed by atoms with E-state index in [0.717, 1.165) is 35.0 Å².